The zero-order valence-corrected chi connectivity index (χ0v) is 43.9. The third kappa shape index (κ3) is 48.0. The van der Waals surface area contributed by atoms with Crippen LogP contribution < -0.4 is 0 Å². The molecule has 0 aliphatic carbocycles. The number of hydrogen-bond acceptors (Lipinski definition) is 10. The highest BCUT2D eigenvalue weighted by Crippen LogP contribution is 2.43. The summed E-state index contributed by atoms with van der Waals surface area (Å²) in [5.41, 5.74) is 0. The Kier molecular flexibility index (Phi) is 48.0. The Morgan fingerprint density at radius 3 is 1.25 bits per heavy atom. The number of carbonyl (C=O) groups is 3. The molecule has 0 aromatic rings. The lowest BCUT2D eigenvalue weighted by Crippen LogP contribution is -2.30. The van der Waals surface area contributed by atoms with E-state index in [2.05, 4.69) is 93.7 Å². The molecule has 0 aliphatic heterocycles. The summed E-state index contributed by atoms with van der Waals surface area (Å²) < 4.78 is 39.3. The molecule has 392 valence electrons. The molecule has 0 aromatic carbocycles. The highest BCUT2D eigenvalue weighted by atomic mass is 31.2. The average molecular weight is 977 g/mol. The minimum Gasteiger partial charge on any atom is -0.462 e. The van der Waals surface area contributed by atoms with Gasteiger partial charge >= 0.3 is 25.7 Å². The summed E-state index contributed by atoms with van der Waals surface area (Å²) >= 11 is 0. The topological polar surface area (TPSA) is 155 Å². The molecule has 0 bridgehead atoms. The van der Waals surface area contributed by atoms with Gasteiger partial charge in [0, 0.05) is 19.3 Å². The number of unbranched alkanes of at least 4 members (excludes halogenated alkanes) is 20. The van der Waals surface area contributed by atoms with Crippen molar-refractivity contribution in [2.45, 2.75) is 238 Å². The molecule has 0 saturated heterocycles. The summed E-state index contributed by atoms with van der Waals surface area (Å²) in [7, 11) is -4.75. The third-order valence-electron chi connectivity index (χ3n) is 11.1. The predicted molar refractivity (Wildman–Crippen MR) is 279 cm³/mol. The van der Waals surface area contributed by atoms with Crippen molar-refractivity contribution in [3.8, 4) is 0 Å². The number of carbonyl (C=O) groups excluding carboxylic acids is 3. The fourth-order valence-electron chi connectivity index (χ4n) is 6.97. The van der Waals surface area contributed by atoms with E-state index in [0.717, 1.165) is 116 Å². The normalized spacial score (nSPS) is 14.0. The van der Waals surface area contributed by atoms with Gasteiger partial charge in [-0.2, -0.15) is 0 Å². The Labute approximate surface area is 414 Å². The Bertz CT molecular complexity index is 1420. The standard InChI is InChI=1S/C56H97O11P/c1-4-7-10-13-16-19-22-24-25-26-27-29-31-33-36-39-42-45-54(58)63-49-53(67-56(60)47-44-41-38-35-32-28-23-20-17-14-11-8-5-2)51-65-68(61,62)64-50-52(48-57)66-55(59)46-43-40-37-34-30-21-18-15-12-9-6-3/h8,11,15-20,24-25,28,32,52-53,57H,4-7,9-10,12-14,21-23,26-27,29-31,33-51H2,1-3H3,(H,61,62)/b11-8-,18-15-,19-16-,20-17-,25-24-,32-28-. The number of phosphoric ester groups is 1. The van der Waals surface area contributed by atoms with Gasteiger partial charge in [0.1, 0.15) is 12.7 Å². The molecule has 12 heteroatoms. The third-order valence-corrected chi connectivity index (χ3v) is 12.0. The van der Waals surface area contributed by atoms with Crippen LogP contribution in [-0.2, 0) is 42.2 Å². The van der Waals surface area contributed by atoms with E-state index >= 15 is 0 Å². The van der Waals surface area contributed by atoms with Gasteiger partial charge in [-0.3, -0.25) is 23.4 Å². The van der Waals surface area contributed by atoms with Crippen LogP contribution in [0.1, 0.15) is 226 Å². The van der Waals surface area contributed by atoms with Gasteiger partial charge in [0.15, 0.2) is 6.10 Å². The van der Waals surface area contributed by atoms with Crippen LogP contribution in [0.25, 0.3) is 0 Å². The molecule has 0 fully saturated rings. The van der Waals surface area contributed by atoms with E-state index in [-0.39, 0.29) is 25.9 Å². The second-order valence-corrected chi connectivity index (χ2v) is 19.1. The van der Waals surface area contributed by atoms with Crippen LogP contribution in [0.4, 0.5) is 0 Å². The van der Waals surface area contributed by atoms with Crippen molar-refractivity contribution in [1.29, 1.82) is 0 Å². The van der Waals surface area contributed by atoms with Crippen molar-refractivity contribution >= 4 is 25.7 Å². The molecule has 2 N–H and O–H groups in total. The lowest BCUT2D eigenvalue weighted by Gasteiger charge is -2.21. The highest BCUT2D eigenvalue weighted by Gasteiger charge is 2.28. The van der Waals surface area contributed by atoms with Crippen molar-refractivity contribution in [3.63, 3.8) is 0 Å². The van der Waals surface area contributed by atoms with Crippen LogP contribution in [0.15, 0.2) is 72.9 Å². The molecule has 0 spiro atoms. The van der Waals surface area contributed by atoms with E-state index in [1.165, 1.54) is 51.4 Å². The highest BCUT2D eigenvalue weighted by molar-refractivity contribution is 7.47. The first-order valence-electron chi connectivity index (χ1n) is 26.8. The second-order valence-electron chi connectivity index (χ2n) is 17.7. The van der Waals surface area contributed by atoms with E-state index in [4.69, 9.17) is 23.3 Å². The van der Waals surface area contributed by atoms with Gasteiger partial charge in [-0.1, -0.05) is 177 Å². The van der Waals surface area contributed by atoms with Gasteiger partial charge in [-0.15, -0.1) is 0 Å². The minimum absolute atomic E-state index is 0.128. The number of hydrogen-bond donors (Lipinski definition) is 2. The van der Waals surface area contributed by atoms with Gasteiger partial charge in [-0.25, -0.2) is 4.57 Å². The predicted octanol–water partition coefficient (Wildman–Crippen LogP) is 15.4. The Balaban J connectivity index is 4.78. The Hall–Kier alpha value is -3.08. The molecule has 3 atom stereocenters. The van der Waals surface area contributed by atoms with Crippen LogP contribution >= 0.6 is 7.82 Å². The van der Waals surface area contributed by atoms with Gasteiger partial charge in [0.2, 0.25) is 0 Å². The van der Waals surface area contributed by atoms with Gasteiger partial charge in [-0.05, 0) is 103 Å². The first kappa shape index (κ1) is 64.9. The molecule has 3 unspecified atom stereocenters. The van der Waals surface area contributed by atoms with E-state index < -0.39 is 57.8 Å². The van der Waals surface area contributed by atoms with Crippen molar-refractivity contribution in [2.24, 2.45) is 0 Å². The van der Waals surface area contributed by atoms with Crippen molar-refractivity contribution in [1.82, 2.24) is 0 Å². The number of rotatable bonds is 49. The fourth-order valence-corrected chi connectivity index (χ4v) is 7.75. The Morgan fingerprint density at radius 2 is 0.779 bits per heavy atom. The summed E-state index contributed by atoms with van der Waals surface area (Å²) in [6.45, 7) is 4.40. The second kappa shape index (κ2) is 50.3. The quantitative estimate of drug-likeness (QED) is 0.0197. The van der Waals surface area contributed by atoms with Crippen molar-refractivity contribution in [3.05, 3.63) is 72.9 Å². The number of ether oxygens (including phenoxy) is 3. The maximum Gasteiger partial charge on any atom is 0.472 e. The number of phosphoric acid groups is 1. The van der Waals surface area contributed by atoms with Crippen LogP contribution in [0, 0.1) is 0 Å². The van der Waals surface area contributed by atoms with E-state index in [0.29, 0.717) is 19.3 Å². The smallest absolute Gasteiger partial charge is 0.462 e. The van der Waals surface area contributed by atoms with Crippen LogP contribution in [0.5, 0.6) is 0 Å². The maximum atomic E-state index is 12.8. The van der Waals surface area contributed by atoms with Crippen molar-refractivity contribution < 1.29 is 52.2 Å². The first-order chi connectivity index (χ1) is 33.2. The van der Waals surface area contributed by atoms with Crippen LogP contribution in [0.2, 0.25) is 0 Å². The molecular weight excluding hydrogens is 880 g/mol. The maximum absolute atomic E-state index is 12.8. The zero-order chi connectivity index (χ0) is 49.9. The van der Waals surface area contributed by atoms with Gasteiger partial charge in [0.25, 0.3) is 0 Å². The minimum atomic E-state index is -4.75. The SMILES string of the molecule is CC/C=C\C/C=C\C/C=C\CCCCCC(=O)OC(COC(=O)CCCCCCCCC/C=C\C/C=C\CCCCC)COP(=O)(O)OCC(CO)OC(=O)CCCCCCC/C=C\CCCC. The molecule has 0 aliphatic rings. The molecule has 68 heavy (non-hydrogen) atoms. The first-order valence-corrected chi connectivity index (χ1v) is 28.3. The van der Waals surface area contributed by atoms with Gasteiger partial charge < -0.3 is 24.2 Å². The van der Waals surface area contributed by atoms with Crippen LogP contribution in [-0.4, -0.2) is 66.5 Å². The van der Waals surface area contributed by atoms with Gasteiger partial charge in [0.05, 0.1) is 19.8 Å². The molecule has 0 saturated carbocycles. The van der Waals surface area contributed by atoms with Crippen LogP contribution in [0.3, 0.4) is 0 Å². The van der Waals surface area contributed by atoms with E-state index in [9.17, 15) is 28.9 Å². The molecule has 0 aromatic heterocycles. The number of aliphatic hydroxyl groups excluding tert-OH is 1. The molecule has 0 amide bonds. The Morgan fingerprint density at radius 1 is 0.426 bits per heavy atom. The summed E-state index contributed by atoms with van der Waals surface area (Å²) in [5, 5.41) is 9.76. The summed E-state index contributed by atoms with van der Waals surface area (Å²) in [5.74, 6) is -1.52. The molecular formula is C56H97O11P. The summed E-state index contributed by atoms with van der Waals surface area (Å²) in [6, 6.07) is 0. The number of esters is 3. The molecule has 0 radical (unpaired) electrons. The molecule has 0 heterocycles. The van der Waals surface area contributed by atoms with E-state index in [1.807, 2.05) is 0 Å². The number of aliphatic hydroxyl groups is 1. The summed E-state index contributed by atoms with van der Waals surface area (Å²) in [4.78, 5) is 48.3. The zero-order valence-electron chi connectivity index (χ0n) is 43.1. The molecule has 0 rings (SSSR count). The van der Waals surface area contributed by atoms with Crippen molar-refractivity contribution in [2.75, 3.05) is 26.4 Å². The average Bonchev–Trinajstić information content (AvgIpc) is 3.32. The fraction of sp³-hybridized carbons (Fsp3) is 0.732. The lowest BCUT2D eigenvalue weighted by molar-refractivity contribution is -0.161. The molecule has 11 nitrogen and oxygen atoms in total. The summed E-state index contributed by atoms with van der Waals surface area (Å²) in [6.07, 6.45) is 54.4. The number of allylic oxidation sites excluding steroid dienone is 12. The van der Waals surface area contributed by atoms with E-state index in [1.54, 1.807) is 0 Å². The lowest BCUT2D eigenvalue weighted by atomic mass is 10.1. The monoisotopic (exact) mass is 977 g/mol. The largest absolute Gasteiger partial charge is 0.472 e.